The van der Waals surface area contributed by atoms with Gasteiger partial charge in [-0.3, -0.25) is 0 Å². The Hall–Kier alpha value is -1.63. The van der Waals surface area contributed by atoms with E-state index in [1.54, 1.807) is 6.20 Å². The predicted octanol–water partition coefficient (Wildman–Crippen LogP) is 1.92. The van der Waals surface area contributed by atoms with Gasteiger partial charge in [0.2, 0.25) is 5.16 Å². The van der Waals surface area contributed by atoms with Crippen molar-refractivity contribution in [1.29, 1.82) is 0 Å². The van der Waals surface area contributed by atoms with E-state index in [1.807, 2.05) is 16.8 Å². The van der Waals surface area contributed by atoms with Gasteiger partial charge in [-0.25, -0.2) is 9.67 Å². The number of hydrogen-bond acceptors (Lipinski definition) is 6. The van der Waals surface area contributed by atoms with Crippen LogP contribution in [-0.4, -0.2) is 25.2 Å². The zero-order chi connectivity index (χ0) is 12.4. The second-order valence-electron chi connectivity index (χ2n) is 4.38. The first-order chi connectivity index (χ1) is 8.83. The molecule has 6 nitrogen and oxygen atoms in total. The molecule has 1 fully saturated rings. The molecule has 0 radical (unpaired) electrons. The topological polar surface area (TPSA) is 82.5 Å². The Bertz CT molecular complexity index is 517. The van der Waals surface area contributed by atoms with Crippen LogP contribution >= 0.6 is 11.8 Å². The molecule has 2 heterocycles. The molecule has 7 heteroatoms. The number of nitrogens with two attached hydrogens (primary N) is 1. The Labute approximate surface area is 109 Å². The summed E-state index contributed by atoms with van der Waals surface area (Å²) < 4.78 is 1.93. The van der Waals surface area contributed by atoms with Gasteiger partial charge in [-0.1, -0.05) is 12.8 Å². The zero-order valence-corrected chi connectivity index (χ0v) is 10.7. The Balaban J connectivity index is 1.80. The largest absolute Gasteiger partial charge is 0.397 e. The molecule has 0 unspecified atom stereocenters. The molecular weight excluding hydrogens is 248 g/mol. The summed E-state index contributed by atoms with van der Waals surface area (Å²) in [5, 5.41) is 13.6. The lowest BCUT2D eigenvalue weighted by atomic mass is 10.3. The molecule has 1 aliphatic rings. The monoisotopic (exact) mass is 262 g/mol. The molecule has 2 aromatic heterocycles. The van der Waals surface area contributed by atoms with E-state index in [0.29, 0.717) is 11.7 Å². The fourth-order valence-corrected chi connectivity index (χ4v) is 2.96. The number of hydrogen-bond donors (Lipinski definition) is 1. The van der Waals surface area contributed by atoms with E-state index in [1.165, 1.54) is 24.6 Å². The highest BCUT2D eigenvalue weighted by Gasteiger charge is 2.22. The molecule has 0 amide bonds. The average molecular weight is 262 g/mol. The number of anilines is 1. The summed E-state index contributed by atoms with van der Waals surface area (Å²) in [7, 11) is 0. The summed E-state index contributed by atoms with van der Waals surface area (Å²) >= 11 is 1.48. The van der Waals surface area contributed by atoms with E-state index in [-0.39, 0.29) is 0 Å². The molecule has 0 spiro atoms. The second-order valence-corrected chi connectivity index (χ2v) is 5.36. The summed E-state index contributed by atoms with van der Waals surface area (Å²) in [6.45, 7) is 0. The zero-order valence-electron chi connectivity index (χ0n) is 9.86. The van der Waals surface area contributed by atoms with Crippen LogP contribution in [0.25, 0.3) is 0 Å². The molecule has 1 aliphatic carbocycles. The first-order valence-electron chi connectivity index (χ1n) is 6.00. The lowest BCUT2D eigenvalue weighted by molar-refractivity contribution is 0.423. The maximum Gasteiger partial charge on any atom is 0.215 e. The third kappa shape index (κ3) is 2.31. The molecule has 2 N–H and O–H groups in total. The molecule has 3 rings (SSSR count). The second kappa shape index (κ2) is 4.93. The fourth-order valence-electron chi connectivity index (χ4n) is 2.18. The van der Waals surface area contributed by atoms with Gasteiger partial charge in [-0.2, -0.15) is 0 Å². The van der Waals surface area contributed by atoms with Crippen molar-refractivity contribution in [3.8, 4) is 0 Å². The third-order valence-corrected chi connectivity index (χ3v) is 3.99. The van der Waals surface area contributed by atoms with Crippen LogP contribution in [0.15, 0.2) is 28.5 Å². The summed E-state index contributed by atoms with van der Waals surface area (Å²) in [6.07, 6.45) is 6.48. The van der Waals surface area contributed by atoms with Gasteiger partial charge in [0, 0.05) is 0 Å². The summed E-state index contributed by atoms with van der Waals surface area (Å²) in [5.41, 5.74) is 6.27. The minimum atomic E-state index is 0.441. The van der Waals surface area contributed by atoms with Crippen LogP contribution in [0, 0.1) is 0 Å². The first kappa shape index (κ1) is 11.5. The molecule has 0 bridgehead atoms. The van der Waals surface area contributed by atoms with E-state index in [9.17, 15) is 0 Å². The van der Waals surface area contributed by atoms with Crippen molar-refractivity contribution in [3.63, 3.8) is 0 Å². The van der Waals surface area contributed by atoms with E-state index < -0.39 is 0 Å². The number of nitrogen functional groups attached to an aromatic ring is 1. The lowest BCUT2D eigenvalue weighted by Gasteiger charge is -2.10. The van der Waals surface area contributed by atoms with Crippen molar-refractivity contribution in [2.24, 2.45) is 0 Å². The molecule has 1 saturated carbocycles. The molecular formula is C11H14N6S. The highest BCUT2D eigenvalue weighted by molar-refractivity contribution is 7.99. The Morgan fingerprint density at radius 2 is 2.11 bits per heavy atom. The fraction of sp³-hybridized carbons (Fsp3) is 0.455. The Morgan fingerprint density at radius 1 is 1.28 bits per heavy atom. The third-order valence-electron chi connectivity index (χ3n) is 3.09. The average Bonchev–Trinajstić information content (AvgIpc) is 3.02. The van der Waals surface area contributed by atoms with Crippen molar-refractivity contribution in [2.45, 2.75) is 41.9 Å². The Kier molecular flexibility index (Phi) is 3.14. The first-order valence-corrected chi connectivity index (χ1v) is 6.82. The van der Waals surface area contributed by atoms with Crippen LogP contribution in [0.5, 0.6) is 0 Å². The number of rotatable bonds is 3. The number of nitrogens with zero attached hydrogens (tertiary/aromatic N) is 5. The van der Waals surface area contributed by atoms with Crippen molar-refractivity contribution in [3.05, 3.63) is 18.3 Å². The van der Waals surface area contributed by atoms with Crippen LogP contribution in [0.1, 0.15) is 31.7 Å². The van der Waals surface area contributed by atoms with Crippen molar-refractivity contribution in [1.82, 2.24) is 25.2 Å². The maximum atomic E-state index is 5.61. The minimum absolute atomic E-state index is 0.441. The van der Waals surface area contributed by atoms with Gasteiger partial charge in [0.1, 0.15) is 5.03 Å². The molecule has 2 aromatic rings. The summed E-state index contributed by atoms with van der Waals surface area (Å²) in [6, 6.07) is 4.16. The van der Waals surface area contributed by atoms with Crippen LogP contribution < -0.4 is 5.73 Å². The van der Waals surface area contributed by atoms with Crippen LogP contribution in [0.2, 0.25) is 0 Å². The number of aromatic nitrogens is 5. The maximum absolute atomic E-state index is 5.61. The standard InChI is InChI=1S/C11H14N6S/c12-8-5-6-10(13-7-8)18-11-14-15-16-17(11)9-3-1-2-4-9/h5-7,9H,1-4,12H2. The van der Waals surface area contributed by atoms with Crippen molar-refractivity contribution >= 4 is 17.4 Å². The van der Waals surface area contributed by atoms with Crippen molar-refractivity contribution < 1.29 is 0 Å². The molecule has 0 atom stereocenters. The summed E-state index contributed by atoms with van der Waals surface area (Å²) in [5.74, 6) is 0. The highest BCUT2D eigenvalue weighted by Crippen LogP contribution is 2.33. The van der Waals surface area contributed by atoms with Gasteiger partial charge in [0.05, 0.1) is 17.9 Å². The van der Waals surface area contributed by atoms with E-state index >= 15 is 0 Å². The van der Waals surface area contributed by atoms with Crippen molar-refractivity contribution in [2.75, 3.05) is 5.73 Å². The van der Waals surface area contributed by atoms with Gasteiger partial charge in [-0.15, -0.1) is 5.10 Å². The van der Waals surface area contributed by atoms with E-state index in [0.717, 1.165) is 23.0 Å². The molecule has 18 heavy (non-hydrogen) atoms. The van der Waals surface area contributed by atoms with Gasteiger partial charge < -0.3 is 5.73 Å². The van der Waals surface area contributed by atoms with E-state index in [4.69, 9.17) is 5.73 Å². The quantitative estimate of drug-likeness (QED) is 0.910. The number of pyridine rings is 1. The molecule has 0 aromatic carbocycles. The van der Waals surface area contributed by atoms with Gasteiger partial charge in [-0.05, 0) is 47.2 Å². The predicted molar refractivity (Wildman–Crippen MR) is 68.1 cm³/mol. The summed E-state index contributed by atoms with van der Waals surface area (Å²) in [4.78, 5) is 4.25. The van der Waals surface area contributed by atoms with Crippen LogP contribution in [0.3, 0.4) is 0 Å². The Morgan fingerprint density at radius 3 is 2.83 bits per heavy atom. The number of tetrazole rings is 1. The van der Waals surface area contributed by atoms with Gasteiger partial charge >= 0.3 is 0 Å². The molecule has 94 valence electrons. The molecule has 0 aliphatic heterocycles. The van der Waals surface area contributed by atoms with Gasteiger partial charge in [0.15, 0.2) is 0 Å². The minimum Gasteiger partial charge on any atom is -0.397 e. The van der Waals surface area contributed by atoms with Crippen LogP contribution in [0.4, 0.5) is 5.69 Å². The normalized spacial score (nSPS) is 16.2. The smallest absolute Gasteiger partial charge is 0.215 e. The highest BCUT2D eigenvalue weighted by atomic mass is 32.2. The lowest BCUT2D eigenvalue weighted by Crippen LogP contribution is -2.08. The van der Waals surface area contributed by atoms with E-state index in [2.05, 4.69) is 20.5 Å². The van der Waals surface area contributed by atoms with Gasteiger partial charge in [0.25, 0.3) is 0 Å². The molecule has 0 saturated heterocycles. The van der Waals surface area contributed by atoms with Crippen LogP contribution in [-0.2, 0) is 0 Å². The SMILES string of the molecule is Nc1ccc(Sc2nnnn2C2CCCC2)nc1.